The van der Waals surface area contributed by atoms with Gasteiger partial charge in [0, 0.05) is 13.1 Å². The van der Waals surface area contributed by atoms with Gasteiger partial charge in [-0.3, -0.25) is 4.79 Å². The van der Waals surface area contributed by atoms with Crippen molar-refractivity contribution in [1.82, 2.24) is 10.2 Å². The van der Waals surface area contributed by atoms with Gasteiger partial charge in [-0.15, -0.1) is 0 Å². The molecular weight excluding hydrogens is 244 g/mol. The molecule has 5 nitrogen and oxygen atoms in total. The van der Waals surface area contributed by atoms with Crippen molar-refractivity contribution in [3.8, 4) is 0 Å². The van der Waals surface area contributed by atoms with Crippen LogP contribution in [-0.2, 0) is 4.79 Å². The average Bonchev–Trinajstić information content (AvgIpc) is 2.84. The van der Waals surface area contributed by atoms with Crippen LogP contribution in [0.5, 0.6) is 0 Å². The van der Waals surface area contributed by atoms with Crippen molar-refractivity contribution < 1.29 is 14.7 Å². The highest BCUT2D eigenvalue weighted by Crippen LogP contribution is 2.18. The largest absolute Gasteiger partial charge is 0.481 e. The summed E-state index contributed by atoms with van der Waals surface area (Å²) in [5.74, 6) is -0.841. The number of rotatable bonds is 6. The van der Waals surface area contributed by atoms with Gasteiger partial charge < -0.3 is 15.3 Å². The zero-order valence-electron chi connectivity index (χ0n) is 11.9. The Bertz CT molecular complexity index is 355. The molecule has 3 atom stereocenters. The lowest BCUT2D eigenvalue weighted by atomic mass is 10.1. The minimum atomic E-state index is -0.833. The quantitative estimate of drug-likeness (QED) is 0.725. The number of carbonyl (C=O) groups excluding carboxylic acids is 1. The molecule has 0 saturated heterocycles. The van der Waals surface area contributed by atoms with Crippen LogP contribution in [0, 0.1) is 11.8 Å². The van der Waals surface area contributed by atoms with Crippen molar-refractivity contribution in [3.05, 3.63) is 12.2 Å². The molecule has 0 fully saturated rings. The monoisotopic (exact) mass is 268 g/mol. The number of nitrogens with zero attached hydrogens (tertiary/aromatic N) is 1. The van der Waals surface area contributed by atoms with Crippen LogP contribution in [0.1, 0.15) is 33.6 Å². The Labute approximate surface area is 114 Å². The Morgan fingerprint density at radius 2 is 2.11 bits per heavy atom. The van der Waals surface area contributed by atoms with Crippen LogP contribution in [0.4, 0.5) is 4.79 Å². The number of urea groups is 1. The Morgan fingerprint density at radius 3 is 2.58 bits per heavy atom. The maximum absolute atomic E-state index is 12.1. The second-order valence-electron chi connectivity index (χ2n) is 5.17. The van der Waals surface area contributed by atoms with E-state index in [2.05, 4.69) is 19.2 Å². The van der Waals surface area contributed by atoms with E-state index in [0.29, 0.717) is 18.9 Å². The first-order valence-electron chi connectivity index (χ1n) is 6.94. The fraction of sp³-hybridized carbons (Fsp3) is 0.714. The number of carbonyl (C=O) groups is 2. The molecule has 0 aromatic rings. The van der Waals surface area contributed by atoms with Gasteiger partial charge >= 0.3 is 12.0 Å². The summed E-state index contributed by atoms with van der Waals surface area (Å²) < 4.78 is 0. The predicted octanol–water partition coefficient (Wildman–Crippen LogP) is 2.09. The third-order valence-electron chi connectivity index (χ3n) is 3.61. The molecule has 0 bridgehead atoms. The number of hydrogen-bond donors (Lipinski definition) is 2. The molecule has 0 aliphatic heterocycles. The lowest BCUT2D eigenvalue weighted by Gasteiger charge is -2.26. The summed E-state index contributed by atoms with van der Waals surface area (Å²) in [6.07, 6.45) is 4.90. The first kappa shape index (κ1) is 15.5. The third kappa shape index (κ3) is 4.58. The maximum Gasteiger partial charge on any atom is 0.317 e. The molecular formula is C14H24N2O3. The summed E-state index contributed by atoms with van der Waals surface area (Å²) in [4.78, 5) is 24.7. The lowest BCUT2D eigenvalue weighted by molar-refractivity contribution is -0.140. The van der Waals surface area contributed by atoms with Gasteiger partial charge in [0.05, 0.1) is 12.0 Å². The van der Waals surface area contributed by atoms with Gasteiger partial charge in [0.25, 0.3) is 0 Å². The number of carboxylic acids is 1. The van der Waals surface area contributed by atoms with Crippen molar-refractivity contribution in [2.75, 3.05) is 13.1 Å². The van der Waals surface area contributed by atoms with Gasteiger partial charge in [-0.05, 0) is 19.3 Å². The summed E-state index contributed by atoms with van der Waals surface area (Å²) in [6.45, 7) is 7.57. The molecule has 0 heterocycles. The van der Waals surface area contributed by atoms with Gasteiger partial charge in [0.15, 0.2) is 0 Å². The van der Waals surface area contributed by atoms with Gasteiger partial charge in [-0.1, -0.05) is 32.4 Å². The molecule has 0 spiro atoms. The molecule has 0 saturated carbocycles. The van der Waals surface area contributed by atoms with E-state index in [-0.39, 0.29) is 12.1 Å². The first-order chi connectivity index (χ1) is 8.97. The summed E-state index contributed by atoms with van der Waals surface area (Å²) in [5.41, 5.74) is 0. The van der Waals surface area contributed by atoms with E-state index in [1.54, 1.807) is 17.1 Å². The normalized spacial score (nSPS) is 23.1. The Hall–Kier alpha value is -1.52. The highest BCUT2D eigenvalue weighted by molar-refractivity contribution is 5.76. The molecule has 19 heavy (non-hydrogen) atoms. The van der Waals surface area contributed by atoms with E-state index in [4.69, 9.17) is 5.11 Å². The molecule has 0 radical (unpaired) electrons. The molecule has 0 aromatic heterocycles. The Balaban J connectivity index is 2.46. The van der Waals surface area contributed by atoms with E-state index >= 15 is 0 Å². The minimum Gasteiger partial charge on any atom is -0.481 e. The van der Waals surface area contributed by atoms with Gasteiger partial charge in [0.2, 0.25) is 0 Å². The first-order valence-corrected chi connectivity index (χ1v) is 6.94. The Kier molecular flexibility index (Phi) is 5.86. The number of amides is 2. The SMILES string of the molecule is CCC(C)CN(CC)C(=O)NC1C=CC(C(=O)O)C1. The average molecular weight is 268 g/mol. The van der Waals surface area contributed by atoms with Crippen LogP contribution in [-0.4, -0.2) is 41.1 Å². The molecule has 1 aliphatic carbocycles. The Morgan fingerprint density at radius 1 is 1.42 bits per heavy atom. The summed E-state index contributed by atoms with van der Waals surface area (Å²) in [5, 5.41) is 11.8. The minimum absolute atomic E-state index is 0.108. The number of carboxylic acid groups (broad SMARTS) is 1. The van der Waals surface area contributed by atoms with Crippen LogP contribution in [0.15, 0.2) is 12.2 Å². The fourth-order valence-corrected chi connectivity index (χ4v) is 2.10. The van der Waals surface area contributed by atoms with Crippen LogP contribution < -0.4 is 5.32 Å². The molecule has 2 N–H and O–H groups in total. The molecule has 1 aliphatic rings. The zero-order chi connectivity index (χ0) is 14.4. The van der Waals surface area contributed by atoms with Crippen molar-refractivity contribution in [2.24, 2.45) is 11.8 Å². The number of nitrogens with one attached hydrogen (secondary N) is 1. The third-order valence-corrected chi connectivity index (χ3v) is 3.61. The highest BCUT2D eigenvalue weighted by Gasteiger charge is 2.26. The van der Waals surface area contributed by atoms with Crippen molar-refractivity contribution in [1.29, 1.82) is 0 Å². The van der Waals surface area contributed by atoms with Crippen molar-refractivity contribution in [3.63, 3.8) is 0 Å². The second-order valence-corrected chi connectivity index (χ2v) is 5.17. The van der Waals surface area contributed by atoms with E-state index < -0.39 is 11.9 Å². The summed E-state index contributed by atoms with van der Waals surface area (Å²) >= 11 is 0. The van der Waals surface area contributed by atoms with E-state index in [1.807, 2.05) is 6.92 Å². The lowest BCUT2D eigenvalue weighted by Crippen LogP contribution is -2.45. The van der Waals surface area contributed by atoms with Crippen LogP contribution >= 0.6 is 0 Å². The van der Waals surface area contributed by atoms with E-state index in [0.717, 1.165) is 13.0 Å². The molecule has 108 valence electrons. The van der Waals surface area contributed by atoms with Crippen molar-refractivity contribution in [2.45, 2.75) is 39.7 Å². The second kappa shape index (κ2) is 7.16. The topological polar surface area (TPSA) is 69.6 Å². The van der Waals surface area contributed by atoms with E-state index in [1.165, 1.54) is 0 Å². The van der Waals surface area contributed by atoms with Gasteiger partial charge in [0.1, 0.15) is 0 Å². The molecule has 1 rings (SSSR count). The molecule has 5 heteroatoms. The summed E-state index contributed by atoms with van der Waals surface area (Å²) in [6, 6.07) is -0.275. The molecule has 2 amide bonds. The van der Waals surface area contributed by atoms with Crippen LogP contribution in [0.25, 0.3) is 0 Å². The van der Waals surface area contributed by atoms with Crippen molar-refractivity contribution >= 4 is 12.0 Å². The molecule has 0 aromatic carbocycles. The van der Waals surface area contributed by atoms with Crippen LogP contribution in [0.3, 0.4) is 0 Å². The smallest absolute Gasteiger partial charge is 0.317 e. The highest BCUT2D eigenvalue weighted by atomic mass is 16.4. The number of aliphatic carboxylic acids is 1. The van der Waals surface area contributed by atoms with Gasteiger partial charge in [-0.25, -0.2) is 4.79 Å². The zero-order valence-corrected chi connectivity index (χ0v) is 11.9. The summed E-state index contributed by atoms with van der Waals surface area (Å²) in [7, 11) is 0. The maximum atomic E-state index is 12.1. The van der Waals surface area contributed by atoms with E-state index in [9.17, 15) is 9.59 Å². The molecule has 3 unspecified atom stereocenters. The van der Waals surface area contributed by atoms with Crippen LogP contribution in [0.2, 0.25) is 0 Å². The fourth-order valence-electron chi connectivity index (χ4n) is 2.10. The van der Waals surface area contributed by atoms with Gasteiger partial charge in [-0.2, -0.15) is 0 Å². The number of hydrogen-bond acceptors (Lipinski definition) is 2. The standard InChI is InChI=1S/C14H24N2O3/c1-4-10(3)9-16(5-2)14(19)15-12-7-6-11(8-12)13(17)18/h6-7,10-12H,4-5,8-9H2,1-3H3,(H,15,19)(H,17,18). The predicted molar refractivity (Wildman–Crippen MR) is 73.9 cm³/mol.